The van der Waals surface area contributed by atoms with Crippen LogP contribution in [0.15, 0.2) is 12.4 Å². The second kappa shape index (κ2) is 4.49. The van der Waals surface area contributed by atoms with Gasteiger partial charge in [-0.3, -0.25) is 4.79 Å². The van der Waals surface area contributed by atoms with Crippen LogP contribution >= 0.6 is 0 Å². The van der Waals surface area contributed by atoms with Gasteiger partial charge in [0, 0.05) is 37.4 Å². The highest BCUT2D eigenvalue weighted by atomic mass is 16.2. The molecule has 1 aromatic rings. The van der Waals surface area contributed by atoms with Crippen molar-refractivity contribution < 1.29 is 4.79 Å². The Morgan fingerprint density at radius 3 is 2.88 bits per heavy atom. The molecule has 1 saturated heterocycles. The molecule has 5 nitrogen and oxygen atoms in total. The zero-order valence-corrected chi connectivity index (χ0v) is 10.6. The molecule has 2 atom stereocenters. The quantitative estimate of drug-likeness (QED) is 0.854. The van der Waals surface area contributed by atoms with Gasteiger partial charge in [-0.1, -0.05) is 0 Å². The van der Waals surface area contributed by atoms with Crippen molar-refractivity contribution in [1.29, 1.82) is 0 Å². The molecule has 1 fully saturated rings. The van der Waals surface area contributed by atoms with E-state index in [1.54, 1.807) is 6.20 Å². The number of carbonyl (C=O) groups excluding carboxylic acids is 1. The van der Waals surface area contributed by atoms with E-state index in [2.05, 4.69) is 23.4 Å². The Morgan fingerprint density at radius 1 is 1.59 bits per heavy atom. The minimum atomic E-state index is -0.151. The van der Waals surface area contributed by atoms with Gasteiger partial charge in [0.2, 0.25) is 5.91 Å². The first-order valence-electron chi connectivity index (χ1n) is 6.14. The molecule has 1 aliphatic heterocycles. The van der Waals surface area contributed by atoms with Crippen molar-refractivity contribution in [2.75, 3.05) is 6.54 Å². The Balaban J connectivity index is 2.37. The van der Waals surface area contributed by atoms with Crippen LogP contribution < -0.4 is 5.73 Å². The zero-order valence-electron chi connectivity index (χ0n) is 10.6. The number of carbonyl (C=O) groups is 1. The molecule has 0 bridgehead atoms. The largest absolute Gasteiger partial charge is 0.331 e. The summed E-state index contributed by atoms with van der Waals surface area (Å²) in [4.78, 5) is 18.0. The molecule has 0 spiro atoms. The van der Waals surface area contributed by atoms with Crippen LogP contribution in [-0.4, -0.2) is 32.9 Å². The van der Waals surface area contributed by atoms with Crippen LogP contribution in [0.2, 0.25) is 0 Å². The Bertz CT molecular complexity index is 412. The molecule has 1 amide bonds. The lowest BCUT2D eigenvalue weighted by atomic mass is 10.1. The van der Waals surface area contributed by atoms with Crippen molar-refractivity contribution in [2.45, 2.75) is 45.3 Å². The van der Waals surface area contributed by atoms with E-state index in [9.17, 15) is 4.79 Å². The van der Waals surface area contributed by atoms with E-state index in [-0.39, 0.29) is 18.0 Å². The Labute approximate surface area is 102 Å². The second-order valence-electron chi connectivity index (χ2n) is 4.78. The standard InChI is InChI=1S/C12H20N4O/c1-4-15-10(17)7-9(13)11(15)12-14-5-6-16(12)8(2)3/h5-6,8-9,11H,4,7,13H2,1-3H3/t9-,11-/m0/s1. The van der Waals surface area contributed by atoms with Gasteiger partial charge in [-0.05, 0) is 20.8 Å². The van der Waals surface area contributed by atoms with Gasteiger partial charge in [-0.2, -0.15) is 0 Å². The predicted octanol–water partition coefficient (Wildman–Crippen LogP) is 1.08. The molecule has 94 valence electrons. The lowest BCUT2D eigenvalue weighted by Gasteiger charge is -2.26. The van der Waals surface area contributed by atoms with E-state index in [1.165, 1.54) is 0 Å². The molecule has 2 heterocycles. The van der Waals surface area contributed by atoms with Crippen LogP contribution in [0.3, 0.4) is 0 Å². The van der Waals surface area contributed by atoms with Crippen LogP contribution in [0.25, 0.3) is 0 Å². The molecule has 0 unspecified atom stereocenters. The zero-order chi connectivity index (χ0) is 12.6. The minimum absolute atomic E-state index is 0.0788. The van der Waals surface area contributed by atoms with Crippen LogP contribution in [0.1, 0.15) is 45.1 Å². The summed E-state index contributed by atoms with van der Waals surface area (Å²) in [6.07, 6.45) is 4.14. The van der Waals surface area contributed by atoms with Crippen LogP contribution in [-0.2, 0) is 4.79 Å². The summed E-state index contributed by atoms with van der Waals surface area (Å²) in [5, 5.41) is 0. The fourth-order valence-corrected chi connectivity index (χ4v) is 2.51. The number of nitrogens with zero attached hydrogens (tertiary/aromatic N) is 3. The first-order valence-corrected chi connectivity index (χ1v) is 6.14. The van der Waals surface area contributed by atoms with Crippen molar-refractivity contribution in [1.82, 2.24) is 14.5 Å². The molecule has 0 aromatic carbocycles. The highest BCUT2D eigenvalue weighted by molar-refractivity contribution is 5.80. The van der Waals surface area contributed by atoms with Crippen molar-refractivity contribution in [2.24, 2.45) is 5.73 Å². The maximum absolute atomic E-state index is 11.8. The number of hydrogen-bond acceptors (Lipinski definition) is 3. The first kappa shape index (κ1) is 12.1. The van der Waals surface area contributed by atoms with Crippen molar-refractivity contribution in [3.8, 4) is 0 Å². The van der Waals surface area contributed by atoms with Gasteiger partial charge in [0.1, 0.15) is 11.9 Å². The average Bonchev–Trinajstić information content (AvgIpc) is 2.81. The number of likely N-dealkylation sites (tertiary alicyclic amines) is 1. The maximum Gasteiger partial charge on any atom is 0.224 e. The van der Waals surface area contributed by atoms with Gasteiger partial charge in [-0.15, -0.1) is 0 Å². The summed E-state index contributed by atoms with van der Waals surface area (Å²) in [6, 6.07) is 0.0985. The highest BCUT2D eigenvalue weighted by Crippen LogP contribution is 2.31. The Kier molecular flexibility index (Phi) is 3.19. The number of nitrogens with two attached hydrogens (primary N) is 1. The van der Waals surface area contributed by atoms with Crippen molar-refractivity contribution in [3.05, 3.63) is 18.2 Å². The molecule has 17 heavy (non-hydrogen) atoms. The summed E-state index contributed by atoms with van der Waals surface area (Å²) >= 11 is 0. The van der Waals surface area contributed by atoms with Crippen LogP contribution in [0.4, 0.5) is 0 Å². The van der Waals surface area contributed by atoms with E-state index >= 15 is 0 Å². The molecular weight excluding hydrogens is 216 g/mol. The number of aromatic nitrogens is 2. The highest BCUT2D eigenvalue weighted by Gasteiger charge is 2.40. The third-order valence-electron chi connectivity index (χ3n) is 3.33. The van der Waals surface area contributed by atoms with Gasteiger partial charge >= 0.3 is 0 Å². The molecule has 2 rings (SSSR count). The van der Waals surface area contributed by atoms with Crippen LogP contribution in [0.5, 0.6) is 0 Å². The molecule has 0 radical (unpaired) electrons. The summed E-state index contributed by atoms with van der Waals surface area (Å²) in [7, 11) is 0. The molecule has 5 heteroatoms. The monoisotopic (exact) mass is 236 g/mol. The maximum atomic E-state index is 11.8. The number of hydrogen-bond donors (Lipinski definition) is 1. The molecule has 0 saturated carbocycles. The van der Waals surface area contributed by atoms with Crippen LogP contribution in [0, 0.1) is 0 Å². The van der Waals surface area contributed by atoms with E-state index in [4.69, 9.17) is 5.73 Å². The Morgan fingerprint density at radius 2 is 2.29 bits per heavy atom. The Hall–Kier alpha value is -1.36. The SMILES string of the molecule is CCN1C(=O)C[C@H](N)[C@H]1c1nccn1C(C)C. The second-order valence-corrected chi connectivity index (χ2v) is 4.78. The van der Waals surface area contributed by atoms with Gasteiger partial charge < -0.3 is 15.2 Å². The molecule has 0 aliphatic carbocycles. The summed E-state index contributed by atoms with van der Waals surface area (Å²) in [5.74, 6) is 1.03. The fourth-order valence-electron chi connectivity index (χ4n) is 2.51. The molecule has 2 N–H and O–H groups in total. The molecule has 1 aliphatic rings. The van der Waals surface area contributed by atoms with E-state index < -0.39 is 0 Å². The average molecular weight is 236 g/mol. The summed E-state index contributed by atoms with van der Waals surface area (Å²) in [5.41, 5.74) is 6.08. The lowest BCUT2D eigenvalue weighted by molar-refractivity contribution is -0.128. The van der Waals surface area contributed by atoms with Gasteiger partial charge in [-0.25, -0.2) is 4.98 Å². The first-order chi connectivity index (χ1) is 8.06. The van der Waals surface area contributed by atoms with E-state index in [0.29, 0.717) is 19.0 Å². The smallest absolute Gasteiger partial charge is 0.224 e. The third kappa shape index (κ3) is 1.95. The summed E-state index contributed by atoms with van der Waals surface area (Å²) < 4.78 is 2.09. The van der Waals surface area contributed by atoms with Gasteiger partial charge in [0.05, 0.1) is 0 Å². The van der Waals surface area contributed by atoms with E-state index in [0.717, 1.165) is 5.82 Å². The third-order valence-corrected chi connectivity index (χ3v) is 3.33. The number of imidazole rings is 1. The minimum Gasteiger partial charge on any atom is -0.331 e. The lowest BCUT2D eigenvalue weighted by Crippen LogP contribution is -2.35. The van der Waals surface area contributed by atoms with Crippen molar-refractivity contribution in [3.63, 3.8) is 0 Å². The topological polar surface area (TPSA) is 64.2 Å². The van der Waals surface area contributed by atoms with Gasteiger partial charge in [0.25, 0.3) is 0 Å². The van der Waals surface area contributed by atoms with Gasteiger partial charge in [0.15, 0.2) is 0 Å². The summed E-state index contributed by atoms with van der Waals surface area (Å²) in [6.45, 7) is 6.86. The normalized spacial score (nSPS) is 25.0. The van der Waals surface area contributed by atoms with E-state index in [1.807, 2.05) is 18.0 Å². The fraction of sp³-hybridized carbons (Fsp3) is 0.667. The van der Waals surface area contributed by atoms with Crippen molar-refractivity contribution >= 4 is 5.91 Å². The predicted molar refractivity (Wildman–Crippen MR) is 65.3 cm³/mol. The molecular formula is C12H20N4O. The number of rotatable bonds is 3. The number of likely N-dealkylation sites (N-methyl/N-ethyl adjacent to an activating group) is 1. The molecule has 1 aromatic heterocycles. The number of amides is 1.